The Morgan fingerprint density at radius 3 is 2.62 bits per heavy atom. The van der Waals surface area contributed by atoms with Crippen LogP contribution >= 0.6 is 0 Å². The number of hydrogen-bond donors (Lipinski definition) is 3. The molecule has 0 aliphatic heterocycles. The molecule has 2 rings (SSSR count). The fourth-order valence-corrected chi connectivity index (χ4v) is 2.65. The van der Waals surface area contributed by atoms with Crippen LogP contribution in [0.15, 0.2) is 18.2 Å². The van der Waals surface area contributed by atoms with Gasteiger partial charge in [0.05, 0.1) is 12.1 Å². The molecular formula is C19H32FN3O. The van der Waals surface area contributed by atoms with Gasteiger partial charge in [-0.3, -0.25) is 5.43 Å². The van der Waals surface area contributed by atoms with Crippen LogP contribution < -0.4 is 20.9 Å². The number of unbranched alkanes of at least 4 members (excludes halogenated alkanes) is 1. The summed E-state index contributed by atoms with van der Waals surface area (Å²) in [6.07, 6.45) is 4.42. The fourth-order valence-electron chi connectivity index (χ4n) is 2.65. The van der Waals surface area contributed by atoms with Crippen molar-refractivity contribution in [2.24, 2.45) is 5.92 Å². The molecule has 1 fully saturated rings. The van der Waals surface area contributed by atoms with Crippen molar-refractivity contribution in [2.45, 2.75) is 52.0 Å². The molecule has 24 heavy (non-hydrogen) atoms. The normalized spacial score (nSPS) is 15.7. The van der Waals surface area contributed by atoms with Gasteiger partial charge in [-0.15, -0.1) is 0 Å². The average Bonchev–Trinajstić information content (AvgIpc) is 3.34. The zero-order valence-corrected chi connectivity index (χ0v) is 15.3. The quantitative estimate of drug-likeness (QED) is 0.404. The number of rotatable bonds is 12. The van der Waals surface area contributed by atoms with Crippen LogP contribution in [0.5, 0.6) is 5.75 Å². The van der Waals surface area contributed by atoms with Crippen LogP contribution in [-0.2, 0) is 5.54 Å². The smallest absolute Gasteiger partial charge is 0.165 e. The molecule has 0 saturated heterocycles. The SMILES string of the molecule is CCNCCCCNNC1(c2ccc(F)c(OCC(C)C)c2)CC1. The molecule has 0 atom stereocenters. The van der Waals surface area contributed by atoms with E-state index in [2.05, 4.69) is 36.9 Å². The van der Waals surface area contributed by atoms with Crippen LogP contribution in [0.3, 0.4) is 0 Å². The highest BCUT2D eigenvalue weighted by Crippen LogP contribution is 2.46. The van der Waals surface area contributed by atoms with Crippen LogP contribution in [0.25, 0.3) is 0 Å². The van der Waals surface area contributed by atoms with Gasteiger partial charge in [0.2, 0.25) is 0 Å². The Morgan fingerprint density at radius 2 is 1.96 bits per heavy atom. The first-order chi connectivity index (χ1) is 11.6. The van der Waals surface area contributed by atoms with Gasteiger partial charge in [0, 0.05) is 6.54 Å². The van der Waals surface area contributed by atoms with Crippen molar-refractivity contribution in [3.8, 4) is 5.75 Å². The van der Waals surface area contributed by atoms with Gasteiger partial charge in [0.1, 0.15) is 0 Å². The lowest BCUT2D eigenvalue weighted by atomic mass is 10.1. The molecule has 0 bridgehead atoms. The Kier molecular flexibility index (Phi) is 7.46. The molecule has 0 radical (unpaired) electrons. The van der Waals surface area contributed by atoms with Gasteiger partial charge in [0.15, 0.2) is 11.6 Å². The first-order valence-electron chi connectivity index (χ1n) is 9.21. The highest BCUT2D eigenvalue weighted by molar-refractivity contribution is 5.37. The minimum Gasteiger partial charge on any atom is -0.490 e. The van der Waals surface area contributed by atoms with Crippen LogP contribution in [0.1, 0.15) is 52.0 Å². The van der Waals surface area contributed by atoms with E-state index in [-0.39, 0.29) is 11.4 Å². The third-order valence-corrected chi connectivity index (χ3v) is 4.29. The molecule has 136 valence electrons. The second-order valence-electron chi connectivity index (χ2n) is 7.04. The molecule has 0 heterocycles. The number of benzene rings is 1. The molecule has 0 spiro atoms. The summed E-state index contributed by atoms with van der Waals surface area (Å²) in [4.78, 5) is 0. The Labute approximate surface area is 145 Å². The van der Waals surface area contributed by atoms with E-state index in [0.29, 0.717) is 18.3 Å². The predicted molar refractivity (Wildman–Crippen MR) is 96.6 cm³/mol. The second-order valence-corrected chi connectivity index (χ2v) is 7.04. The first-order valence-corrected chi connectivity index (χ1v) is 9.21. The van der Waals surface area contributed by atoms with Crippen molar-refractivity contribution in [3.05, 3.63) is 29.6 Å². The molecule has 0 amide bonds. The van der Waals surface area contributed by atoms with Crippen LogP contribution in [-0.4, -0.2) is 26.2 Å². The lowest BCUT2D eigenvalue weighted by Crippen LogP contribution is -2.41. The Bertz CT molecular complexity index is 503. The molecule has 1 aliphatic carbocycles. The van der Waals surface area contributed by atoms with Gasteiger partial charge in [-0.25, -0.2) is 9.82 Å². The van der Waals surface area contributed by atoms with Crippen LogP contribution in [0, 0.1) is 11.7 Å². The largest absolute Gasteiger partial charge is 0.490 e. The third-order valence-electron chi connectivity index (χ3n) is 4.29. The maximum absolute atomic E-state index is 13.9. The standard InChI is InChI=1S/C19H32FN3O/c1-4-21-11-5-6-12-22-23-19(9-10-19)16-7-8-17(20)18(13-16)24-14-15(2)3/h7-8,13,15,21-23H,4-6,9-12,14H2,1-3H3. The van der Waals surface area contributed by atoms with E-state index < -0.39 is 0 Å². The highest BCUT2D eigenvalue weighted by Gasteiger charge is 2.44. The Hall–Kier alpha value is -1.17. The lowest BCUT2D eigenvalue weighted by Gasteiger charge is -2.20. The van der Waals surface area contributed by atoms with E-state index in [1.807, 2.05) is 12.1 Å². The molecule has 0 aromatic heterocycles. The van der Waals surface area contributed by atoms with E-state index in [1.165, 1.54) is 12.5 Å². The van der Waals surface area contributed by atoms with E-state index in [4.69, 9.17) is 4.74 Å². The Balaban J connectivity index is 1.82. The van der Waals surface area contributed by atoms with Crippen molar-refractivity contribution >= 4 is 0 Å². The van der Waals surface area contributed by atoms with Crippen molar-refractivity contribution in [1.82, 2.24) is 16.2 Å². The average molecular weight is 337 g/mol. The lowest BCUT2D eigenvalue weighted by molar-refractivity contribution is 0.258. The van der Waals surface area contributed by atoms with Gasteiger partial charge in [-0.1, -0.05) is 26.8 Å². The molecule has 3 N–H and O–H groups in total. The highest BCUT2D eigenvalue weighted by atomic mass is 19.1. The Morgan fingerprint density at radius 1 is 1.21 bits per heavy atom. The van der Waals surface area contributed by atoms with Crippen LogP contribution in [0.2, 0.25) is 0 Å². The first kappa shape index (κ1) is 19.2. The summed E-state index contributed by atoms with van der Waals surface area (Å²) in [6.45, 7) is 9.81. The van der Waals surface area contributed by atoms with E-state index in [9.17, 15) is 4.39 Å². The van der Waals surface area contributed by atoms with Crippen molar-refractivity contribution < 1.29 is 9.13 Å². The van der Waals surface area contributed by atoms with Crippen LogP contribution in [0.4, 0.5) is 4.39 Å². The maximum Gasteiger partial charge on any atom is 0.165 e. The van der Waals surface area contributed by atoms with Gasteiger partial charge in [-0.05, 0) is 62.4 Å². The molecule has 4 nitrogen and oxygen atoms in total. The van der Waals surface area contributed by atoms with Gasteiger partial charge in [-0.2, -0.15) is 0 Å². The number of ether oxygens (including phenoxy) is 1. The molecule has 0 unspecified atom stereocenters. The summed E-state index contributed by atoms with van der Waals surface area (Å²) in [5, 5.41) is 3.33. The minimum absolute atomic E-state index is 0.0642. The zero-order valence-electron chi connectivity index (χ0n) is 15.3. The van der Waals surface area contributed by atoms with Gasteiger partial charge < -0.3 is 10.1 Å². The molecule has 5 heteroatoms. The van der Waals surface area contributed by atoms with E-state index in [0.717, 1.165) is 44.5 Å². The molecular weight excluding hydrogens is 305 g/mol. The second kappa shape index (κ2) is 9.35. The molecule has 1 aliphatic rings. The number of nitrogens with one attached hydrogen (secondary N) is 3. The predicted octanol–water partition coefficient (Wildman–Crippen LogP) is 3.33. The minimum atomic E-state index is -0.286. The summed E-state index contributed by atoms with van der Waals surface area (Å²) in [6, 6.07) is 5.23. The summed E-state index contributed by atoms with van der Waals surface area (Å²) < 4.78 is 19.5. The molecule has 1 aromatic rings. The van der Waals surface area contributed by atoms with Crippen molar-refractivity contribution in [2.75, 3.05) is 26.2 Å². The summed E-state index contributed by atoms with van der Waals surface area (Å²) >= 11 is 0. The van der Waals surface area contributed by atoms with Gasteiger partial charge >= 0.3 is 0 Å². The summed E-state index contributed by atoms with van der Waals surface area (Å²) in [5.74, 6) is 0.455. The third kappa shape index (κ3) is 5.72. The number of halogens is 1. The maximum atomic E-state index is 13.9. The molecule has 1 saturated carbocycles. The monoisotopic (exact) mass is 337 g/mol. The zero-order chi connectivity index (χ0) is 17.4. The van der Waals surface area contributed by atoms with Crippen molar-refractivity contribution in [3.63, 3.8) is 0 Å². The topological polar surface area (TPSA) is 45.3 Å². The van der Waals surface area contributed by atoms with E-state index in [1.54, 1.807) is 0 Å². The van der Waals surface area contributed by atoms with Crippen molar-refractivity contribution in [1.29, 1.82) is 0 Å². The fraction of sp³-hybridized carbons (Fsp3) is 0.684. The number of hydrazine groups is 1. The van der Waals surface area contributed by atoms with Gasteiger partial charge in [0.25, 0.3) is 0 Å². The number of hydrogen-bond acceptors (Lipinski definition) is 4. The van der Waals surface area contributed by atoms with E-state index >= 15 is 0 Å². The summed E-state index contributed by atoms with van der Waals surface area (Å²) in [7, 11) is 0. The summed E-state index contributed by atoms with van der Waals surface area (Å²) in [5.41, 5.74) is 7.81. The molecule has 1 aromatic carbocycles.